The van der Waals surface area contributed by atoms with Crippen molar-refractivity contribution in [3.8, 4) is 11.5 Å². The molecule has 2 aromatic carbocycles. The van der Waals surface area contributed by atoms with Crippen LogP contribution >= 0.6 is 0 Å². The number of nitrogens with one attached hydrogen (secondary N) is 1. The average Bonchev–Trinajstić information content (AvgIpc) is 3.13. The number of primary amides is 1. The van der Waals surface area contributed by atoms with Gasteiger partial charge < -0.3 is 20.7 Å². The first-order valence-electron chi connectivity index (χ1n) is 8.76. The zero-order valence-electron chi connectivity index (χ0n) is 14.6. The van der Waals surface area contributed by atoms with Crippen LogP contribution in [-0.2, 0) is 4.79 Å². The van der Waals surface area contributed by atoms with Crippen molar-refractivity contribution < 1.29 is 14.3 Å². The Balaban J connectivity index is 1.57. The Morgan fingerprint density at radius 2 is 1.88 bits per heavy atom. The summed E-state index contributed by atoms with van der Waals surface area (Å²) in [5, 5.41) is 2.45. The van der Waals surface area contributed by atoms with Gasteiger partial charge in [-0.25, -0.2) is 4.79 Å². The summed E-state index contributed by atoms with van der Waals surface area (Å²) in [6.07, 6.45) is 1.19. The first kappa shape index (κ1) is 17.8. The van der Waals surface area contributed by atoms with Gasteiger partial charge in [0.1, 0.15) is 11.5 Å². The lowest BCUT2D eigenvalue weighted by Crippen LogP contribution is -2.35. The van der Waals surface area contributed by atoms with Gasteiger partial charge in [0.2, 0.25) is 5.91 Å². The summed E-state index contributed by atoms with van der Waals surface area (Å²) in [6, 6.07) is 17.1. The molecule has 0 aliphatic carbocycles. The van der Waals surface area contributed by atoms with Gasteiger partial charge in [-0.3, -0.25) is 4.79 Å². The van der Waals surface area contributed by atoms with Crippen molar-refractivity contribution in [1.82, 2.24) is 10.2 Å². The minimum absolute atomic E-state index is 0.0398. The number of nitrogens with zero attached hydrogens (tertiary/aromatic N) is 1. The number of urea groups is 1. The fourth-order valence-electron chi connectivity index (χ4n) is 3.17. The molecule has 6 nitrogen and oxygen atoms in total. The highest BCUT2D eigenvalue weighted by Gasteiger charge is 2.27. The molecule has 3 rings (SSSR count). The topological polar surface area (TPSA) is 84.7 Å². The summed E-state index contributed by atoms with van der Waals surface area (Å²) in [4.78, 5) is 24.7. The maximum Gasteiger partial charge on any atom is 0.312 e. The molecule has 1 atom stereocenters. The molecule has 136 valence electrons. The average molecular weight is 353 g/mol. The maximum atomic E-state index is 12.2. The van der Waals surface area contributed by atoms with Crippen LogP contribution in [0.1, 0.15) is 24.3 Å². The number of rotatable bonds is 6. The van der Waals surface area contributed by atoms with Crippen LogP contribution in [0.4, 0.5) is 4.79 Å². The SMILES string of the molecule is NC(=O)NCCC(=O)N1CCC(c2cccc(Oc3ccccc3)c2)C1. The molecule has 1 saturated heterocycles. The zero-order valence-corrected chi connectivity index (χ0v) is 14.6. The fourth-order valence-corrected chi connectivity index (χ4v) is 3.17. The molecule has 0 spiro atoms. The van der Waals surface area contributed by atoms with Crippen LogP contribution < -0.4 is 15.8 Å². The van der Waals surface area contributed by atoms with Crippen LogP contribution in [0.15, 0.2) is 54.6 Å². The highest BCUT2D eigenvalue weighted by molar-refractivity contribution is 5.78. The predicted octanol–water partition coefficient (Wildman–Crippen LogP) is 2.85. The molecule has 26 heavy (non-hydrogen) atoms. The van der Waals surface area contributed by atoms with Crippen molar-refractivity contribution in [3.05, 3.63) is 60.2 Å². The second-order valence-corrected chi connectivity index (χ2v) is 6.35. The standard InChI is InChI=1S/C20H23N3O3/c21-20(25)22-11-9-19(24)23-12-10-16(14-23)15-5-4-8-18(13-15)26-17-6-2-1-3-7-17/h1-8,13,16H,9-12,14H2,(H3,21,22,25). The summed E-state index contributed by atoms with van der Waals surface area (Å²) in [6.45, 7) is 1.68. The molecule has 0 radical (unpaired) electrons. The second kappa shape index (κ2) is 8.38. The summed E-state index contributed by atoms with van der Waals surface area (Å²) >= 11 is 0. The van der Waals surface area contributed by atoms with E-state index in [1.807, 2.05) is 53.4 Å². The van der Waals surface area contributed by atoms with Gasteiger partial charge in [-0.15, -0.1) is 0 Å². The number of carbonyl (C=O) groups is 2. The van der Waals surface area contributed by atoms with Gasteiger partial charge >= 0.3 is 6.03 Å². The van der Waals surface area contributed by atoms with Crippen LogP contribution in [0, 0.1) is 0 Å². The van der Waals surface area contributed by atoms with Crippen LogP contribution in [-0.4, -0.2) is 36.5 Å². The van der Waals surface area contributed by atoms with E-state index in [0.29, 0.717) is 12.5 Å². The van der Waals surface area contributed by atoms with Crippen molar-refractivity contribution in [2.75, 3.05) is 19.6 Å². The Morgan fingerprint density at radius 1 is 1.12 bits per heavy atom. The smallest absolute Gasteiger partial charge is 0.312 e. The van der Waals surface area contributed by atoms with E-state index in [0.717, 1.165) is 24.5 Å². The molecule has 0 aromatic heterocycles. The van der Waals surface area contributed by atoms with Crippen molar-refractivity contribution in [2.45, 2.75) is 18.8 Å². The molecule has 0 bridgehead atoms. The number of hydrogen-bond donors (Lipinski definition) is 2. The number of likely N-dealkylation sites (tertiary alicyclic amines) is 1. The van der Waals surface area contributed by atoms with E-state index < -0.39 is 6.03 Å². The predicted molar refractivity (Wildman–Crippen MR) is 99.1 cm³/mol. The van der Waals surface area contributed by atoms with Crippen LogP contribution in [0.3, 0.4) is 0 Å². The minimum atomic E-state index is -0.604. The lowest BCUT2D eigenvalue weighted by Gasteiger charge is -2.17. The lowest BCUT2D eigenvalue weighted by molar-refractivity contribution is -0.130. The summed E-state index contributed by atoms with van der Waals surface area (Å²) in [7, 11) is 0. The number of para-hydroxylation sites is 1. The third-order valence-electron chi connectivity index (χ3n) is 4.49. The van der Waals surface area contributed by atoms with Crippen LogP contribution in [0.2, 0.25) is 0 Å². The first-order valence-corrected chi connectivity index (χ1v) is 8.76. The van der Waals surface area contributed by atoms with Gasteiger partial charge in [0, 0.05) is 32.0 Å². The number of amides is 3. The highest BCUT2D eigenvalue weighted by Crippen LogP contribution is 2.31. The van der Waals surface area contributed by atoms with Gasteiger partial charge in [-0.1, -0.05) is 30.3 Å². The molecular formula is C20H23N3O3. The van der Waals surface area contributed by atoms with Gasteiger partial charge in [-0.2, -0.15) is 0 Å². The second-order valence-electron chi connectivity index (χ2n) is 6.35. The molecule has 1 aliphatic heterocycles. The molecule has 0 saturated carbocycles. The Morgan fingerprint density at radius 3 is 2.65 bits per heavy atom. The van der Waals surface area contributed by atoms with E-state index in [4.69, 9.17) is 10.5 Å². The molecule has 3 amide bonds. The van der Waals surface area contributed by atoms with Gasteiger partial charge in [0.25, 0.3) is 0 Å². The number of ether oxygens (including phenoxy) is 1. The molecule has 6 heteroatoms. The Labute approximate surface area is 152 Å². The molecule has 3 N–H and O–H groups in total. The minimum Gasteiger partial charge on any atom is -0.457 e. The quantitative estimate of drug-likeness (QED) is 0.837. The van der Waals surface area contributed by atoms with E-state index in [2.05, 4.69) is 11.4 Å². The van der Waals surface area contributed by atoms with Crippen molar-refractivity contribution in [2.24, 2.45) is 5.73 Å². The van der Waals surface area contributed by atoms with Gasteiger partial charge in [0.05, 0.1) is 0 Å². The van der Waals surface area contributed by atoms with E-state index in [9.17, 15) is 9.59 Å². The molecule has 1 heterocycles. The molecule has 1 aliphatic rings. The molecule has 2 aromatic rings. The molecule has 1 unspecified atom stereocenters. The van der Waals surface area contributed by atoms with E-state index >= 15 is 0 Å². The van der Waals surface area contributed by atoms with E-state index in [-0.39, 0.29) is 18.9 Å². The number of hydrogen-bond acceptors (Lipinski definition) is 3. The fraction of sp³-hybridized carbons (Fsp3) is 0.300. The zero-order chi connectivity index (χ0) is 18.4. The normalized spacial score (nSPS) is 16.3. The van der Waals surface area contributed by atoms with Crippen molar-refractivity contribution >= 4 is 11.9 Å². The highest BCUT2D eigenvalue weighted by atomic mass is 16.5. The van der Waals surface area contributed by atoms with Crippen molar-refractivity contribution in [3.63, 3.8) is 0 Å². The molecule has 1 fully saturated rings. The monoisotopic (exact) mass is 353 g/mol. The van der Waals surface area contributed by atoms with Gasteiger partial charge in [-0.05, 0) is 36.2 Å². The number of nitrogens with two attached hydrogens (primary N) is 1. The largest absolute Gasteiger partial charge is 0.457 e. The maximum absolute atomic E-state index is 12.2. The summed E-state index contributed by atoms with van der Waals surface area (Å²) in [5.41, 5.74) is 6.18. The van der Waals surface area contributed by atoms with Gasteiger partial charge in [0.15, 0.2) is 0 Å². The Bertz CT molecular complexity index is 764. The lowest BCUT2D eigenvalue weighted by atomic mass is 9.98. The first-order chi connectivity index (χ1) is 12.6. The van der Waals surface area contributed by atoms with Crippen LogP contribution in [0.25, 0.3) is 0 Å². The van der Waals surface area contributed by atoms with E-state index in [1.54, 1.807) is 0 Å². The van der Waals surface area contributed by atoms with Crippen LogP contribution in [0.5, 0.6) is 11.5 Å². The Hall–Kier alpha value is -3.02. The van der Waals surface area contributed by atoms with E-state index in [1.165, 1.54) is 5.56 Å². The third-order valence-corrected chi connectivity index (χ3v) is 4.49. The third kappa shape index (κ3) is 4.75. The van der Waals surface area contributed by atoms with Crippen molar-refractivity contribution in [1.29, 1.82) is 0 Å². The summed E-state index contributed by atoms with van der Waals surface area (Å²) in [5.74, 6) is 1.93. The molecular weight excluding hydrogens is 330 g/mol. The number of carbonyl (C=O) groups excluding carboxylic acids is 2. The Kier molecular flexibility index (Phi) is 5.73. The summed E-state index contributed by atoms with van der Waals surface area (Å²) < 4.78 is 5.90. The number of benzene rings is 2.